The van der Waals surface area contributed by atoms with Crippen molar-refractivity contribution < 1.29 is 18.6 Å². The standard InChI is InChI=1S/C34H45N5O4Si/c1-8-40-25(2)42-29-21-31(39-20-19-28-32(37-24-38(6)7)35-23-36-33(28)39)43-30(29)22-41-44(34(3,4)5,26-15-11-9-12-16-26)27-17-13-10-14-18-27/h9-20,23-25,29-31H,8,21-22H2,1-7H3/t25?,29-,30-,31-/m1/s1. The Kier molecular flexibility index (Phi) is 9.96. The van der Waals surface area contributed by atoms with E-state index < -0.39 is 8.32 Å². The van der Waals surface area contributed by atoms with Gasteiger partial charge in [-0.1, -0.05) is 81.4 Å². The molecule has 3 heterocycles. The minimum atomic E-state index is -2.77. The molecule has 0 aliphatic carbocycles. The van der Waals surface area contributed by atoms with Crippen molar-refractivity contribution in [1.29, 1.82) is 0 Å². The van der Waals surface area contributed by atoms with Crippen LogP contribution in [0, 0.1) is 0 Å². The van der Waals surface area contributed by atoms with Gasteiger partial charge < -0.3 is 28.1 Å². The maximum absolute atomic E-state index is 7.28. The first-order valence-corrected chi connectivity index (χ1v) is 17.2. The second kappa shape index (κ2) is 13.7. The lowest BCUT2D eigenvalue weighted by molar-refractivity contribution is -0.172. The van der Waals surface area contributed by atoms with Gasteiger partial charge in [-0.25, -0.2) is 15.0 Å². The molecule has 5 rings (SSSR count). The number of ether oxygens (including phenoxy) is 3. The summed E-state index contributed by atoms with van der Waals surface area (Å²) in [5.41, 5.74) is 0.765. The van der Waals surface area contributed by atoms with Crippen molar-refractivity contribution in [1.82, 2.24) is 19.4 Å². The van der Waals surface area contributed by atoms with Crippen LogP contribution in [0.5, 0.6) is 0 Å². The molecule has 10 heteroatoms. The SMILES string of the molecule is CCOC(C)O[C@@H]1C[C@H](n2ccc3c(N=CN(C)C)ncnc32)O[C@@H]1CO[Si](c1ccccc1)(c1ccccc1)C(C)(C)C. The number of benzene rings is 2. The van der Waals surface area contributed by atoms with E-state index in [-0.39, 0.29) is 29.8 Å². The van der Waals surface area contributed by atoms with Crippen molar-refractivity contribution in [2.75, 3.05) is 27.3 Å². The summed E-state index contributed by atoms with van der Waals surface area (Å²) in [6.45, 7) is 11.7. The average Bonchev–Trinajstić information content (AvgIpc) is 3.61. The van der Waals surface area contributed by atoms with Crippen LogP contribution in [0.2, 0.25) is 5.04 Å². The van der Waals surface area contributed by atoms with E-state index in [4.69, 9.17) is 18.6 Å². The maximum Gasteiger partial charge on any atom is 0.261 e. The fraction of sp³-hybridized carbons (Fsp3) is 0.441. The molecular weight excluding hydrogens is 570 g/mol. The predicted molar refractivity (Wildman–Crippen MR) is 177 cm³/mol. The Morgan fingerprint density at radius 3 is 2.30 bits per heavy atom. The van der Waals surface area contributed by atoms with Gasteiger partial charge in [0, 0.05) is 33.3 Å². The second-order valence-corrected chi connectivity index (χ2v) is 16.7. The van der Waals surface area contributed by atoms with Gasteiger partial charge in [0.05, 0.1) is 24.4 Å². The van der Waals surface area contributed by atoms with Crippen LogP contribution in [0.3, 0.4) is 0 Å². The van der Waals surface area contributed by atoms with Crippen LogP contribution in [0.1, 0.15) is 47.3 Å². The molecule has 1 saturated heterocycles. The Morgan fingerprint density at radius 2 is 1.70 bits per heavy atom. The van der Waals surface area contributed by atoms with Crippen LogP contribution >= 0.6 is 0 Å². The molecule has 0 bridgehead atoms. The van der Waals surface area contributed by atoms with Crippen molar-refractivity contribution in [3.63, 3.8) is 0 Å². The Labute approximate surface area is 262 Å². The van der Waals surface area contributed by atoms with Crippen molar-refractivity contribution >= 4 is 41.9 Å². The van der Waals surface area contributed by atoms with E-state index in [1.807, 2.05) is 45.1 Å². The Morgan fingerprint density at radius 1 is 1.05 bits per heavy atom. The van der Waals surface area contributed by atoms with Gasteiger partial charge >= 0.3 is 0 Å². The number of hydrogen-bond donors (Lipinski definition) is 0. The van der Waals surface area contributed by atoms with Crippen LogP contribution in [0.15, 0.2) is 84.2 Å². The number of hydrogen-bond acceptors (Lipinski definition) is 7. The van der Waals surface area contributed by atoms with Crippen molar-refractivity contribution in [2.24, 2.45) is 4.99 Å². The largest absolute Gasteiger partial charge is 0.405 e. The third-order valence-corrected chi connectivity index (χ3v) is 13.0. The zero-order valence-electron chi connectivity index (χ0n) is 26.9. The fourth-order valence-corrected chi connectivity index (χ4v) is 10.7. The molecule has 2 aromatic carbocycles. The summed E-state index contributed by atoms with van der Waals surface area (Å²) in [6, 6.07) is 23.3. The van der Waals surface area contributed by atoms with Crippen molar-refractivity contribution in [2.45, 2.75) is 70.8 Å². The lowest BCUT2D eigenvalue weighted by atomic mass is 10.2. The number of fused-ring (bicyclic) bond motifs is 1. The van der Waals surface area contributed by atoms with Crippen LogP contribution in [0.4, 0.5) is 5.82 Å². The lowest BCUT2D eigenvalue weighted by Gasteiger charge is -2.43. The highest BCUT2D eigenvalue weighted by atomic mass is 28.4. The molecule has 0 amide bonds. The molecule has 0 N–H and O–H groups in total. The van der Waals surface area contributed by atoms with E-state index in [0.29, 0.717) is 25.5 Å². The van der Waals surface area contributed by atoms with Gasteiger partial charge in [0.15, 0.2) is 12.1 Å². The first-order chi connectivity index (χ1) is 21.1. The summed E-state index contributed by atoms with van der Waals surface area (Å²) < 4.78 is 28.4. The molecule has 2 aromatic heterocycles. The zero-order valence-corrected chi connectivity index (χ0v) is 27.9. The van der Waals surface area contributed by atoms with Crippen molar-refractivity contribution in [3.8, 4) is 0 Å². The summed E-state index contributed by atoms with van der Waals surface area (Å²) in [5, 5.41) is 3.17. The number of rotatable bonds is 12. The smallest absolute Gasteiger partial charge is 0.261 e. The van der Waals surface area contributed by atoms with Crippen LogP contribution in [-0.4, -0.2) is 79.9 Å². The summed E-state index contributed by atoms with van der Waals surface area (Å²) in [5.74, 6) is 0.616. The monoisotopic (exact) mass is 615 g/mol. The molecule has 1 fully saturated rings. The van der Waals surface area contributed by atoms with E-state index in [0.717, 1.165) is 11.0 Å². The molecule has 1 aliphatic heterocycles. The summed E-state index contributed by atoms with van der Waals surface area (Å²) in [7, 11) is 1.08. The highest BCUT2D eigenvalue weighted by molar-refractivity contribution is 6.99. The molecule has 1 unspecified atom stereocenters. The molecule has 0 saturated carbocycles. The minimum Gasteiger partial charge on any atom is -0.405 e. The van der Waals surface area contributed by atoms with Gasteiger partial charge in [0.25, 0.3) is 8.32 Å². The molecule has 1 aliphatic rings. The first-order valence-electron chi connectivity index (χ1n) is 15.3. The number of aromatic nitrogens is 3. The van der Waals surface area contributed by atoms with E-state index in [2.05, 4.69) is 101 Å². The minimum absolute atomic E-state index is 0.153. The van der Waals surface area contributed by atoms with E-state index in [1.54, 1.807) is 12.7 Å². The summed E-state index contributed by atoms with van der Waals surface area (Å²) in [4.78, 5) is 15.4. The van der Waals surface area contributed by atoms with Crippen molar-refractivity contribution in [3.05, 3.63) is 79.3 Å². The average molecular weight is 616 g/mol. The fourth-order valence-electron chi connectivity index (χ4n) is 6.12. The normalized spacial score (nSPS) is 20.0. The van der Waals surface area contributed by atoms with Gasteiger partial charge in [-0.3, -0.25) is 0 Å². The first kappa shape index (κ1) is 32.0. The number of aliphatic imine (C=N–C) groups is 1. The molecule has 0 spiro atoms. The predicted octanol–water partition coefficient (Wildman–Crippen LogP) is 5.28. The Balaban J connectivity index is 1.48. The topological polar surface area (TPSA) is 83.2 Å². The zero-order chi connectivity index (χ0) is 31.3. The van der Waals surface area contributed by atoms with Crippen LogP contribution in [-0.2, 0) is 18.6 Å². The molecule has 4 aromatic rings. The molecule has 234 valence electrons. The van der Waals surface area contributed by atoms with Gasteiger partial charge in [-0.2, -0.15) is 0 Å². The van der Waals surface area contributed by atoms with Gasteiger partial charge in [-0.15, -0.1) is 0 Å². The van der Waals surface area contributed by atoms with E-state index in [1.165, 1.54) is 10.4 Å². The maximum atomic E-state index is 7.28. The molecule has 44 heavy (non-hydrogen) atoms. The molecule has 4 atom stereocenters. The highest BCUT2D eigenvalue weighted by Gasteiger charge is 2.51. The second-order valence-electron chi connectivity index (χ2n) is 12.4. The van der Waals surface area contributed by atoms with E-state index in [9.17, 15) is 0 Å². The summed E-state index contributed by atoms with van der Waals surface area (Å²) in [6.07, 6.45) is 4.65. The highest BCUT2D eigenvalue weighted by Crippen LogP contribution is 2.39. The number of nitrogens with zero attached hydrogens (tertiary/aromatic N) is 5. The molecular formula is C34H45N5O4Si. The molecule has 0 radical (unpaired) electrons. The Hall–Kier alpha value is -3.41. The van der Waals surface area contributed by atoms with Gasteiger partial charge in [0.1, 0.15) is 24.3 Å². The molecule has 9 nitrogen and oxygen atoms in total. The Bertz CT molecular complexity index is 1480. The van der Waals surface area contributed by atoms with Gasteiger partial charge in [-0.05, 0) is 35.3 Å². The van der Waals surface area contributed by atoms with Crippen LogP contribution < -0.4 is 10.4 Å². The van der Waals surface area contributed by atoms with E-state index >= 15 is 0 Å². The van der Waals surface area contributed by atoms with Gasteiger partial charge in [0.2, 0.25) is 0 Å². The quantitative estimate of drug-likeness (QED) is 0.0928. The van der Waals surface area contributed by atoms with Crippen LogP contribution in [0.25, 0.3) is 11.0 Å². The third-order valence-electron chi connectivity index (χ3n) is 8.04. The lowest BCUT2D eigenvalue weighted by Crippen LogP contribution is -2.67. The third kappa shape index (κ3) is 6.64. The summed E-state index contributed by atoms with van der Waals surface area (Å²) >= 11 is 0.